The van der Waals surface area contributed by atoms with Crippen LogP contribution in [0, 0.1) is 5.92 Å². The molecule has 16 heavy (non-hydrogen) atoms. The van der Waals surface area contributed by atoms with Crippen LogP contribution in [0.3, 0.4) is 0 Å². The van der Waals surface area contributed by atoms with E-state index in [1.165, 1.54) is 0 Å². The first-order valence-electron chi connectivity index (χ1n) is 5.57. The molecule has 1 amide bonds. The molecule has 3 N–H and O–H groups in total. The topological polar surface area (TPSA) is 86.6 Å². The number of hydrogen-bond donors (Lipinski definition) is 3. The fourth-order valence-corrected chi connectivity index (χ4v) is 1.45. The van der Waals surface area contributed by atoms with Gasteiger partial charge >= 0.3 is 5.97 Å². The van der Waals surface area contributed by atoms with E-state index < -0.39 is 5.97 Å². The molecule has 0 bridgehead atoms. The van der Waals surface area contributed by atoms with E-state index in [0.29, 0.717) is 12.3 Å². The summed E-state index contributed by atoms with van der Waals surface area (Å²) in [5.41, 5.74) is 0. The number of rotatable bonds is 8. The molecular weight excluding hydrogens is 210 g/mol. The number of aliphatic carboxylic acids is 1. The maximum absolute atomic E-state index is 11.4. The van der Waals surface area contributed by atoms with E-state index in [2.05, 4.69) is 5.32 Å². The SMILES string of the molecule is CC(C)CC(CO)NC(=O)CCCC(=O)O. The van der Waals surface area contributed by atoms with E-state index in [4.69, 9.17) is 10.2 Å². The van der Waals surface area contributed by atoms with Crippen molar-refractivity contribution < 1.29 is 19.8 Å². The van der Waals surface area contributed by atoms with Gasteiger partial charge in [0.15, 0.2) is 0 Å². The maximum Gasteiger partial charge on any atom is 0.303 e. The number of hydrogen-bond acceptors (Lipinski definition) is 3. The summed E-state index contributed by atoms with van der Waals surface area (Å²) in [4.78, 5) is 21.6. The van der Waals surface area contributed by atoms with Crippen LogP contribution in [-0.4, -0.2) is 34.7 Å². The van der Waals surface area contributed by atoms with Gasteiger partial charge in [0.05, 0.1) is 12.6 Å². The summed E-state index contributed by atoms with van der Waals surface area (Å²) < 4.78 is 0. The Kier molecular flexibility index (Phi) is 7.54. The first kappa shape index (κ1) is 14.9. The third-order valence-corrected chi connectivity index (χ3v) is 2.14. The van der Waals surface area contributed by atoms with Gasteiger partial charge in [-0.05, 0) is 18.8 Å². The smallest absolute Gasteiger partial charge is 0.303 e. The molecule has 1 unspecified atom stereocenters. The van der Waals surface area contributed by atoms with Gasteiger partial charge in [-0.3, -0.25) is 9.59 Å². The van der Waals surface area contributed by atoms with Crippen LogP contribution in [0.5, 0.6) is 0 Å². The lowest BCUT2D eigenvalue weighted by Gasteiger charge is -2.18. The molecule has 5 heteroatoms. The Balaban J connectivity index is 3.78. The van der Waals surface area contributed by atoms with Crippen LogP contribution in [0.4, 0.5) is 0 Å². The summed E-state index contributed by atoms with van der Waals surface area (Å²) in [5.74, 6) is -0.689. The summed E-state index contributed by atoms with van der Waals surface area (Å²) in [6.45, 7) is 3.95. The number of amides is 1. The van der Waals surface area contributed by atoms with E-state index in [9.17, 15) is 9.59 Å². The predicted octanol–water partition coefficient (Wildman–Crippen LogP) is 0.764. The average molecular weight is 231 g/mol. The molecule has 0 aromatic heterocycles. The Morgan fingerprint density at radius 2 is 1.88 bits per heavy atom. The van der Waals surface area contributed by atoms with E-state index in [1.807, 2.05) is 13.8 Å². The molecule has 0 radical (unpaired) electrons. The summed E-state index contributed by atoms with van der Waals surface area (Å²) >= 11 is 0. The molecule has 0 saturated heterocycles. The lowest BCUT2D eigenvalue weighted by atomic mass is 10.0. The molecule has 1 atom stereocenters. The number of aliphatic hydroxyl groups is 1. The molecule has 0 aliphatic heterocycles. The Morgan fingerprint density at radius 3 is 2.31 bits per heavy atom. The van der Waals surface area contributed by atoms with Gasteiger partial charge in [-0.1, -0.05) is 13.8 Å². The molecule has 0 rings (SSSR count). The number of nitrogens with one attached hydrogen (secondary N) is 1. The van der Waals surface area contributed by atoms with E-state index in [-0.39, 0.29) is 31.4 Å². The number of aliphatic hydroxyl groups excluding tert-OH is 1. The van der Waals surface area contributed by atoms with Crippen molar-refractivity contribution in [2.45, 2.75) is 45.6 Å². The van der Waals surface area contributed by atoms with E-state index in [1.54, 1.807) is 0 Å². The maximum atomic E-state index is 11.4. The number of carboxylic acid groups (broad SMARTS) is 1. The monoisotopic (exact) mass is 231 g/mol. The fourth-order valence-electron chi connectivity index (χ4n) is 1.45. The Bertz CT molecular complexity index is 228. The lowest BCUT2D eigenvalue weighted by Crippen LogP contribution is -2.38. The lowest BCUT2D eigenvalue weighted by molar-refractivity contribution is -0.137. The van der Waals surface area contributed by atoms with Gasteiger partial charge in [0.25, 0.3) is 0 Å². The highest BCUT2D eigenvalue weighted by Gasteiger charge is 2.12. The van der Waals surface area contributed by atoms with Crippen molar-refractivity contribution in [1.29, 1.82) is 0 Å². The second-order valence-electron chi connectivity index (χ2n) is 4.32. The minimum absolute atomic E-state index is 0.00138. The molecule has 0 saturated carbocycles. The number of carbonyl (C=O) groups is 2. The first-order chi connectivity index (χ1) is 7.45. The zero-order chi connectivity index (χ0) is 12.6. The second-order valence-corrected chi connectivity index (χ2v) is 4.32. The predicted molar refractivity (Wildman–Crippen MR) is 60.0 cm³/mol. The van der Waals surface area contributed by atoms with Gasteiger partial charge in [0.2, 0.25) is 5.91 Å². The van der Waals surface area contributed by atoms with Crippen molar-refractivity contribution in [1.82, 2.24) is 5.32 Å². The van der Waals surface area contributed by atoms with Crippen molar-refractivity contribution in [2.75, 3.05) is 6.61 Å². The van der Waals surface area contributed by atoms with Crippen LogP contribution in [0.25, 0.3) is 0 Å². The van der Waals surface area contributed by atoms with Crippen molar-refractivity contribution in [2.24, 2.45) is 5.92 Å². The summed E-state index contributed by atoms with van der Waals surface area (Å²) in [6, 6.07) is -0.225. The Hall–Kier alpha value is -1.10. The second kappa shape index (κ2) is 8.10. The standard InChI is InChI=1S/C11H21NO4/c1-8(2)6-9(7-13)12-10(14)4-3-5-11(15)16/h8-9,13H,3-7H2,1-2H3,(H,12,14)(H,15,16). The molecule has 0 aliphatic carbocycles. The molecule has 0 aromatic carbocycles. The van der Waals surface area contributed by atoms with Gasteiger partial charge in [-0.25, -0.2) is 0 Å². The van der Waals surface area contributed by atoms with Crippen molar-refractivity contribution in [3.8, 4) is 0 Å². The van der Waals surface area contributed by atoms with Crippen LogP contribution >= 0.6 is 0 Å². The minimum atomic E-state index is -0.895. The van der Waals surface area contributed by atoms with Crippen molar-refractivity contribution in [3.63, 3.8) is 0 Å². The molecule has 0 fully saturated rings. The van der Waals surface area contributed by atoms with Gasteiger partial charge in [0, 0.05) is 12.8 Å². The highest BCUT2D eigenvalue weighted by Crippen LogP contribution is 2.05. The largest absolute Gasteiger partial charge is 0.481 e. The van der Waals surface area contributed by atoms with E-state index in [0.717, 1.165) is 6.42 Å². The molecule has 0 aliphatic rings. The number of carbonyl (C=O) groups excluding carboxylic acids is 1. The zero-order valence-electron chi connectivity index (χ0n) is 9.90. The first-order valence-corrected chi connectivity index (χ1v) is 5.57. The van der Waals surface area contributed by atoms with Gasteiger partial charge in [-0.2, -0.15) is 0 Å². The van der Waals surface area contributed by atoms with Crippen LogP contribution in [0.1, 0.15) is 39.5 Å². The third-order valence-electron chi connectivity index (χ3n) is 2.14. The van der Waals surface area contributed by atoms with E-state index >= 15 is 0 Å². The highest BCUT2D eigenvalue weighted by atomic mass is 16.4. The molecule has 94 valence electrons. The van der Waals surface area contributed by atoms with Crippen LogP contribution in [0.2, 0.25) is 0 Å². The highest BCUT2D eigenvalue weighted by molar-refractivity contribution is 5.77. The summed E-state index contributed by atoms with van der Waals surface area (Å²) in [6.07, 6.45) is 1.25. The van der Waals surface area contributed by atoms with Crippen LogP contribution in [0.15, 0.2) is 0 Å². The summed E-state index contributed by atoms with van der Waals surface area (Å²) in [5, 5.41) is 20.1. The van der Waals surface area contributed by atoms with Crippen molar-refractivity contribution in [3.05, 3.63) is 0 Å². The summed E-state index contributed by atoms with van der Waals surface area (Å²) in [7, 11) is 0. The molecular formula is C11H21NO4. The van der Waals surface area contributed by atoms with Crippen LogP contribution in [-0.2, 0) is 9.59 Å². The van der Waals surface area contributed by atoms with Crippen LogP contribution < -0.4 is 5.32 Å². The molecule has 0 spiro atoms. The fraction of sp³-hybridized carbons (Fsp3) is 0.818. The van der Waals surface area contributed by atoms with Gasteiger partial charge in [-0.15, -0.1) is 0 Å². The zero-order valence-corrected chi connectivity index (χ0v) is 9.90. The minimum Gasteiger partial charge on any atom is -0.481 e. The Labute approximate surface area is 95.9 Å². The molecule has 0 heterocycles. The number of carboxylic acids is 1. The van der Waals surface area contributed by atoms with Gasteiger partial charge in [0.1, 0.15) is 0 Å². The molecule has 0 aromatic rings. The quantitative estimate of drug-likeness (QED) is 0.575. The molecule has 5 nitrogen and oxygen atoms in total. The normalized spacial score (nSPS) is 12.5. The third kappa shape index (κ3) is 8.23. The Morgan fingerprint density at radius 1 is 1.25 bits per heavy atom. The average Bonchev–Trinajstić information content (AvgIpc) is 2.15. The van der Waals surface area contributed by atoms with Crippen molar-refractivity contribution >= 4 is 11.9 Å². The van der Waals surface area contributed by atoms with Gasteiger partial charge < -0.3 is 15.5 Å².